The minimum absolute atomic E-state index is 0.485. The molecule has 142 valence electrons. The molecule has 6 nitrogen and oxygen atoms in total. The van der Waals surface area contributed by atoms with Crippen LogP contribution < -0.4 is 22.3 Å². The van der Waals surface area contributed by atoms with Crippen LogP contribution in [0, 0.1) is 0 Å². The second-order valence-electron chi connectivity index (χ2n) is 6.19. The van der Waals surface area contributed by atoms with Gasteiger partial charge < -0.3 is 16.3 Å². The molecule has 3 rings (SSSR count). The van der Waals surface area contributed by atoms with Gasteiger partial charge in [-0.15, -0.1) is 0 Å². The maximum Gasteiger partial charge on any atom is 0.118 e. The van der Waals surface area contributed by atoms with Crippen molar-refractivity contribution in [1.82, 2.24) is 0 Å². The number of benzene rings is 2. The monoisotopic (exact) mass is 366 g/mol. The Morgan fingerprint density at radius 1 is 0.778 bits per heavy atom. The molecule has 3 aromatic carbocycles. The average molecular weight is 366 g/mol. The van der Waals surface area contributed by atoms with E-state index in [1.165, 1.54) is 0 Å². The molecule has 0 bridgehead atoms. The van der Waals surface area contributed by atoms with Gasteiger partial charge in [0.2, 0.25) is 0 Å². The van der Waals surface area contributed by atoms with Gasteiger partial charge in [-0.2, -0.15) is 0 Å². The van der Waals surface area contributed by atoms with E-state index in [1.54, 1.807) is 0 Å². The van der Waals surface area contributed by atoms with Gasteiger partial charge >= 0.3 is 0 Å². The summed E-state index contributed by atoms with van der Waals surface area (Å²) < 4.78 is 0. The lowest BCUT2D eigenvalue weighted by molar-refractivity contribution is 0.133. The van der Waals surface area contributed by atoms with E-state index in [2.05, 4.69) is 28.8 Å². The summed E-state index contributed by atoms with van der Waals surface area (Å²) in [6.45, 7) is 2.18. The first-order valence-electron chi connectivity index (χ1n) is 9.24. The number of hydrogen-bond acceptors (Lipinski definition) is 6. The van der Waals surface area contributed by atoms with E-state index in [1.807, 2.05) is 36.4 Å². The molecule has 6 heteroatoms. The number of nitrogens with zero attached hydrogens (tertiary/aromatic N) is 1. The Hall–Kier alpha value is -2.67. The van der Waals surface area contributed by atoms with Crippen molar-refractivity contribution < 1.29 is 9.68 Å². The molecule has 0 saturated heterocycles. The quantitative estimate of drug-likeness (QED) is 0.400. The SMILES string of the molecule is NCCCON=c1cc(NOCCCN)c2ccccc2c2ccccc12. The number of nitrogens with one attached hydrogen (secondary N) is 1. The van der Waals surface area contributed by atoms with Gasteiger partial charge in [-0.05, 0) is 42.8 Å². The van der Waals surface area contributed by atoms with Crippen molar-refractivity contribution in [3.05, 3.63) is 60.0 Å². The van der Waals surface area contributed by atoms with Crippen LogP contribution >= 0.6 is 0 Å². The summed E-state index contributed by atoms with van der Waals surface area (Å²) in [5.41, 5.74) is 15.0. The van der Waals surface area contributed by atoms with Crippen LogP contribution in [-0.2, 0) is 9.68 Å². The van der Waals surface area contributed by atoms with Gasteiger partial charge in [0.25, 0.3) is 0 Å². The van der Waals surface area contributed by atoms with Gasteiger partial charge in [0.15, 0.2) is 0 Å². The summed E-state index contributed by atoms with van der Waals surface area (Å²) in [6.07, 6.45) is 1.54. The molecule has 0 amide bonds. The van der Waals surface area contributed by atoms with Crippen molar-refractivity contribution in [2.75, 3.05) is 31.8 Å². The van der Waals surface area contributed by atoms with E-state index >= 15 is 0 Å². The molecule has 0 aliphatic carbocycles. The van der Waals surface area contributed by atoms with Gasteiger partial charge in [0, 0.05) is 10.8 Å². The van der Waals surface area contributed by atoms with E-state index in [9.17, 15) is 0 Å². The van der Waals surface area contributed by atoms with Crippen LogP contribution in [0.5, 0.6) is 0 Å². The average Bonchev–Trinajstić information content (AvgIpc) is 2.84. The smallest absolute Gasteiger partial charge is 0.118 e. The minimum Gasteiger partial charge on any atom is -0.395 e. The number of rotatable bonds is 9. The highest BCUT2D eigenvalue weighted by atomic mass is 16.6. The van der Waals surface area contributed by atoms with E-state index in [4.69, 9.17) is 21.1 Å². The zero-order valence-corrected chi connectivity index (χ0v) is 15.4. The van der Waals surface area contributed by atoms with Crippen molar-refractivity contribution in [2.24, 2.45) is 16.6 Å². The second-order valence-corrected chi connectivity index (χ2v) is 6.19. The van der Waals surface area contributed by atoms with E-state index < -0.39 is 0 Å². The Bertz CT molecular complexity index is 959. The Morgan fingerprint density at radius 3 is 2.07 bits per heavy atom. The fourth-order valence-electron chi connectivity index (χ4n) is 2.89. The highest BCUT2D eigenvalue weighted by Gasteiger charge is 2.06. The molecular weight excluding hydrogens is 340 g/mol. The summed E-state index contributed by atoms with van der Waals surface area (Å²) in [6, 6.07) is 18.3. The summed E-state index contributed by atoms with van der Waals surface area (Å²) in [7, 11) is 0. The van der Waals surface area contributed by atoms with E-state index in [-0.39, 0.29) is 0 Å². The predicted octanol–water partition coefficient (Wildman–Crippen LogP) is 2.87. The summed E-state index contributed by atoms with van der Waals surface area (Å²) in [5, 5.41) is 9.38. The highest BCUT2D eigenvalue weighted by molar-refractivity contribution is 6.09. The number of anilines is 1. The van der Waals surface area contributed by atoms with Gasteiger partial charge in [0.1, 0.15) is 12.0 Å². The van der Waals surface area contributed by atoms with Gasteiger partial charge in [-0.25, -0.2) is 0 Å². The molecule has 0 unspecified atom stereocenters. The fraction of sp³-hybridized carbons (Fsp3) is 0.286. The van der Waals surface area contributed by atoms with Crippen molar-refractivity contribution in [2.45, 2.75) is 12.8 Å². The van der Waals surface area contributed by atoms with Gasteiger partial charge in [0.05, 0.1) is 12.3 Å². The van der Waals surface area contributed by atoms with Crippen LogP contribution in [0.15, 0.2) is 59.8 Å². The Morgan fingerprint density at radius 2 is 1.37 bits per heavy atom. The molecule has 5 N–H and O–H groups in total. The van der Waals surface area contributed by atoms with Crippen molar-refractivity contribution in [3.63, 3.8) is 0 Å². The standard InChI is InChI=1S/C21H26N4O2/c22-11-5-13-26-24-20-15-21(25-27-14-6-12-23)19-10-4-2-8-17(19)16-7-1-3-9-18(16)20/h1-4,7-10,15,24H,5-6,11-14,22-23H2. The molecule has 0 aromatic heterocycles. The number of fused-ring (bicyclic) bond motifs is 3. The topological polar surface area (TPSA) is 94.9 Å². The van der Waals surface area contributed by atoms with Crippen LogP contribution in [0.3, 0.4) is 0 Å². The third kappa shape index (κ3) is 4.74. The summed E-state index contributed by atoms with van der Waals surface area (Å²) >= 11 is 0. The first kappa shape index (κ1) is 19.1. The van der Waals surface area contributed by atoms with Gasteiger partial charge in [-0.1, -0.05) is 53.7 Å². The van der Waals surface area contributed by atoms with Crippen LogP contribution in [-0.4, -0.2) is 26.3 Å². The maximum atomic E-state index is 5.61. The molecule has 0 aliphatic heterocycles. The zero-order valence-electron chi connectivity index (χ0n) is 15.4. The lowest BCUT2D eigenvalue weighted by atomic mass is 10.1. The molecule has 3 aromatic rings. The first-order chi connectivity index (χ1) is 13.3. The van der Waals surface area contributed by atoms with Crippen LogP contribution in [0.25, 0.3) is 21.5 Å². The predicted molar refractivity (Wildman–Crippen MR) is 110 cm³/mol. The highest BCUT2D eigenvalue weighted by Crippen LogP contribution is 2.27. The Balaban J connectivity index is 2.16. The normalized spacial score (nSPS) is 11.9. The lowest BCUT2D eigenvalue weighted by Gasteiger charge is -2.07. The second kappa shape index (κ2) is 9.87. The number of hydrogen-bond donors (Lipinski definition) is 3. The third-order valence-electron chi connectivity index (χ3n) is 4.23. The molecule has 0 aliphatic rings. The Labute approximate surface area is 158 Å². The fourth-order valence-corrected chi connectivity index (χ4v) is 2.89. The number of nitrogens with two attached hydrogens (primary N) is 2. The molecule has 0 saturated carbocycles. The van der Waals surface area contributed by atoms with Crippen molar-refractivity contribution >= 4 is 27.2 Å². The molecule has 0 spiro atoms. The Kier molecular flexibility index (Phi) is 6.98. The van der Waals surface area contributed by atoms with E-state index in [0.717, 1.165) is 45.4 Å². The van der Waals surface area contributed by atoms with Crippen LogP contribution in [0.1, 0.15) is 12.8 Å². The molecule has 0 atom stereocenters. The zero-order chi connectivity index (χ0) is 18.9. The summed E-state index contributed by atoms with van der Waals surface area (Å²) in [5.74, 6) is 0. The molecule has 27 heavy (non-hydrogen) atoms. The summed E-state index contributed by atoms with van der Waals surface area (Å²) in [4.78, 5) is 11.1. The molecular formula is C21H26N4O2. The lowest BCUT2D eigenvalue weighted by Crippen LogP contribution is -2.09. The third-order valence-corrected chi connectivity index (χ3v) is 4.23. The molecule has 0 heterocycles. The van der Waals surface area contributed by atoms with Gasteiger partial charge in [-0.3, -0.25) is 10.3 Å². The first-order valence-corrected chi connectivity index (χ1v) is 9.24. The largest absolute Gasteiger partial charge is 0.395 e. The molecule has 0 radical (unpaired) electrons. The van der Waals surface area contributed by atoms with Crippen molar-refractivity contribution in [3.8, 4) is 0 Å². The van der Waals surface area contributed by atoms with Crippen LogP contribution in [0.2, 0.25) is 0 Å². The van der Waals surface area contributed by atoms with E-state index in [0.29, 0.717) is 26.3 Å². The van der Waals surface area contributed by atoms with Crippen LogP contribution in [0.4, 0.5) is 5.69 Å². The molecule has 0 fully saturated rings. The maximum absolute atomic E-state index is 5.61. The van der Waals surface area contributed by atoms with Crippen molar-refractivity contribution in [1.29, 1.82) is 0 Å². The minimum atomic E-state index is 0.485.